The van der Waals surface area contributed by atoms with Crippen molar-refractivity contribution >= 4 is 16.6 Å². The minimum Gasteiger partial charge on any atom is -0.323 e. The maximum Gasteiger partial charge on any atom is 0.0727 e. The molecule has 0 saturated carbocycles. The Balaban J connectivity index is 2.20. The summed E-state index contributed by atoms with van der Waals surface area (Å²) in [6, 6.07) is 18.6. The van der Waals surface area contributed by atoms with Gasteiger partial charge in [0.15, 0.2) is 0 Å². The fourth-order valence-corrected chi connectivity index (χ4v) is 2.47. The summed E-state index contributed by atoms with van der Waals surface area (Å²) in [6.07, 6.45) is 0. The smallest absolute Gasteiger partial charge is 0.0727 e. The average molecular weight is 277 g/mol. The van der Waals surface area contributed by atoms with Gasteiger partial charge in [0.25, 0.3) is 0 Å². The van der Waals surface area contributed by atoms with Crippen LogP contribution in [0, 0.1) is 0 Å². The van der Waals surface area contributed by atoms with Gasteiger partial charge in [-0.2, -0.15) is 0 Å². The highest BCUT2D eigenvalue weighted by Crippen LogP contribution is 2.30. The van der Waals surface area contributed by atoms with Gasteiger partial charge in [-0.25, -0.2) is 0 Å². The van der Waals surface area contributed by atoms with Crippen LogP contribution in [0.2, 0.25) is 0 Å². The molecule has 3 heteroatoms. The summed E-state index contributed by atoms with van der Waals surface area (Å²) in [5.74, 6) is 6.07. The number of anilines is 1. The van der Waals surface area contributed by atoms with Gasteiger partial charge in [0.2, 0.25) is 0 Å². The summed E-state index contributed by atoms with van der Waals surface area (Å²) in [7, 11) is 0. The van der Waals surface area contributed by atoms with Crippen LogP contribution >= 0.6 is 0 Å². The molecule has 21 heavy (non-hydrogen) atoms. The molecule has 106 valence electrons. The summed E-state index contributed by atoms with van der Waals surface area (Å²) in [4.78, 5) is 4.72. The average Bonchev–Trinajstić information content (AvgIpc) is 2.54. The zero-order valence-electron chi connectivity index (χ0n) is 12.3. The number of nitrogens with zero attached hydrogens (tertiary/aromatic N) is 1. The van der Waals surface area contributed by atoms with E-state index >= 15 is 0 Å². The molecule has 3 rings (SSSR count). The minimum atomic E-state index is 0.371. The summed E-state index contributed by atoms with van der Waals surface area (Å²) in [5, 5.41) is 1.04. The Morgan fingerprint density at radius 2 is 1.71 bits per heavy atom. The molecule has 0 unspecified atom stereocenters. The van der Waals surface area contributed by atoms with E-state index in [0.717, 1.165) is 22.3 Å². The van der Waals surface area contributed by atoms with Gasteiger partial charge in [-0.15, -0.1) is 0 Å². The molecule has 3 aromatic rings. The first-order valence-electron chi connectivity index (χ1n) is 7.16. The first kappa shape index (κ1) is 13.6. The Kier molecular flexibility index (Phi) is 3.59. The molecule has 0 atom stereocenters. The molecule has 3 nitrogen and oxygen atoms in total. The van der Waals surface area contributed by atoms with E-state index < -0.39 is 0 Å². The number of nitrogens with one attached hydrogen (secondary N) is 1. The van der Waals surface area contributed by atoms with Crippen LogP contribution in [0.1, 0.15) is 25.5 Å². The topological polar surface area (TPSA) is 50.9 Å². The Morgan fingerprint density at radius 1 is 0.952 bits per heavy atom. The molecule has 0 spiro atoms. The molecule has 1 heterocycles. The quantitative estimate of drug-likeness (QED) is 0.554. The van der Waals surface area contributed by atoms with Gasteiger partial charge < -0.3 is 5.43 Å². The number of hydrazine groups is 1. The molecule has 0 bridgehead atoms. The van der Waals surface area contributed by atoms with Crippen molar-refractivity contribution in [3.63, 3.8) is 0 Å². The standard InChI is InChI=1S/C18H19N3/c1-12(2)17-11-18(21-19)15-10-14(8-9-16(15)20-17)13-6-4-3-5-7-13/h3-12H,19H2,1-2H3,(H,20,21). The summed E-state index contributed by atoms with van der Waals surface area (Å²) in [6.45, 7) is 4.26. The lowest BCUT2D eigenvalue weighted by molar-refractivity contribution is 0.830. The number of fused-ring (bicyclic) bond motifs is 1. The Hall–Kier alpha value is -2.39. The largest absolute Gasteiger partial charge is 0.323 e. The van der Waals surface area contributed by atoms with Crippen LogP contribution in [0.5, 0.6) is 0 Å². The van der Waals surface area contributed by atoms with Gasteiger partial charge in [-0.1, -0.05) is 50.2 Å². The molecule has 0 aliphatic rings. The van der Waals surface area contributed by atoms with Gasteiger partial charge in [0, 0.05) is 11.1 Å². The van der Waals surface area contributed by atoms with Crippen molar-refractivity contribution < 1.29 is 0 Å². The minimum absolute atomic E-state index is 0.371. The molecule has 0 fully saturated rings. The third-order valence-electron chi connectivity index (χ3n) is 3.68. The van der Waals surface area contributed by atoms with E-state index in [1.54, 1.807) is 0 Å². The Bertz CT molecular complexity index is 764. The predicted octanol–water partition coefficient (Wildman–Crippen LogP) is 4.31. The highest BCUT2D eigenvalue weighted by molar-refractivity contribution is 5.94. The zero-order valence-corrected chi connectivity index (χ0v) is 12.3. The lowest BCUT2D eigenvalue weighted by atomic mass is 10.0. The van der Waals surface area contributed by atoms with Crippen LogP contribution in [0.25, 0.3) is 22.0 Å². The summed E-state index contributed by atoms with van der Waals surface area (Å²) in [5.41, 5.74) is 8.09. The predicted molar refractivity (Wildman–Crippen MR) is 89.1 cm³/mol. The van der Waals surface area contributed by atoms with Gasteiger partial charge in [0.1, 0.15) is 0 Å². The maximum atomic E-state index is 5.70. The lowest BCUT2D eigenvalue weighted by Gasteiger charge is -2.12. The molecule has 0 aliphatic heterocycles. The molecule has 0 aliphatic carbocycles. The molecule has 0 saturated heterocycles. The van der Waals surface area contributed by atoms with Crippen LogP contribution in [0.3, 0.4) is 0 Å². The molecule has 1 aromatic heterocycles. The van der Waals surface area contributed by atoms with E-state index in [9.17, 15) is 0 Å². The zero-order chi connectivity index (χ0) is 14.8. The highest BCUT2D eigenvalue weighted by Gasteiger charge is 2.09. The number of hydrogen-bond acceptors (Lipinski definition) is 3. The number of aromatic nitrogens is 1. The molecule has 3 N–H and O–H groups in total. The van der Waals surface area contributed by atoms with Crippen LogP contribution in [0.4, 0.5) is 5.69 Å². The van der Waals surface area contributed by atoms with Crippen LogP contribution < -0.4 is 11.3 Å². The lowest BCUT2D eigenvalue weighted by Crippen LogP contribution is -2.09. The van der Waals surface area contributed by atoms with Crippen molar-refractivity contribution in [1.29, 1.82) is 0 Å². The van der Waals surface area contributed by atoms with Gasteiger partial charge in [-0.05, 0) is 35.2 Å². The fourth-order valence-electron chi connectivity index (χ4n) is 2.47. The molecular formula is C18H19N3. The van der Waals surface area contributed by atoms with E-state index in [-0.39, 0.29) is 0 Å². The molecule has 0 amide bonds. The van der Waals surface area contributed by atoms with E-state index in [1.807, 2.05) is 24.3 Å². The molecule has 2 aromatic carbocycles. The normalized spacial score (nSPS) is 11.0. The van der Waals surface area contributed by atoms with E-state index in [0.29, 0.717) is 5.92 Å². The van der Waals surface area contributed by atoms with Crippen LogP contribution in [0.15, 0.2) is 54.6 Å². The van der Waals surface area contributed by atoms with E-state index in [1.165, 1.54) is 11.1 Å². The summed E-state index contributed by atoms with van der Waals surface area (Å²) >= 11 is 0. The second kappa shape index (κ2) is 5.54. The van der Waals surface area contributed by atoms with Crippen molar-refractivity contribution in [2.45, 2.75) is 19.8 Å². The van der Waals surface area contributed by atoms with Crippen molar-refractivity contribution in [1.82, 2.24) is 4.98 Å². The summed E-state index contributed by atoms with van der Waals surface area (Å²) < 4.78 is 0. The third kappa shape index (κ3) is 2.60. The number of rotatable bonds is 3. The Morgan fingerprint density at radius 3 is 2.38 bits per heavy atom. The monoisotopic (exact) mass is 277 g/mol. The number of nitrogen functional groups attached to an aromatic ring is 1. The number of nitrogens with two attached hydrogens (primary N) is 1. The van der Waals surface area contributed by atoms with Crippen LogP contribution in [-0.2, 0) is 0 Å². The van der Waals surface area contributed by atoms with Crippen molar-refractivity contribution in [3.8, 4) is 11.1 Å². The number of pyridine rings is 1. The van der Waals surface area contributed by atoms with E-state index in [2.05, 4.69) is 49.6 Å². The molecule has 0 radical (unpaired) electrons. The third-order valence-corrected chi connectivity index (χ3v) is 3.68. The van der Waals surface area contributed by atoms with Crippen molar-refractivity contribution in [2.24, 2.45) is 5.84 Å². The first-order valence-corrected chi connectivity index (χ1v) is 7.16. The van der Waals surface area contributed by atoms with Gasteiger partial charge >= 0.3 is 0 Å². The highest BCUT2D eigenvalue weighted by atomic mass is 15.2. The van der Waals surface area contributed by atoms with Crippen LogP contribution in [-0.4, -0.2) is 4.98 Å². The van der Waals surface area contributed by atoms with Gasteiger partial charge in [-0.3, -0.25) is 10.8 Å². The van der Waals surface area contributed by atoms with Crippen molar-refractivity contribution in [2.75, 3.05) is 5.43 Å². The Labute approximate surface area is 124 Å². The number of benzene rings is 2. The van der Waals surface area contributed by atoms with Crippen molar-refractivity contribution in [3.05, 3.63) is 60.3 Å². The van der Waals surface area contributed by atoms with E-state index in [4.69, 9.17) is 10.8 Å². The second-order valence-electron chi connectivity index (χ2n) is 5.49. The number of hydrogen-bond donors (Lipinski definition) is 2. The van der Waals surface area contributed by atoms with Gasteiger partial charge in [0.05, 0.1) is 11.2 Å². The maximum absolute atomic E-state index is 5.70. The SMILES string of the molecule is CC(C)c1cc(NN)c2cc(-c3ccccc3)ccc2n1. The molecular weight excluding hydrogens is 258 g/mol. The second-order valence-corrected chi connectivity index (χ2v) is 5.49. The fraction of sp³-hybridized carbons (Fsp3) is 0.167. The first-order chi connectivity index (χ1) is 10.2.